The van der Waals surface area contributed by atoms with E-state index in [-0.39, 0.29) is 43.8 Å². The summed E-state index contributed by atoms with van der Waals surface area (Å²) in [6, 6.07) is 19.3. The molecular formula is C33H41Cl2N3O4S. The Labute approximate surface area is 266 Å². The molecule has 0 aliphatic carbocycles. The molecule has 0 aromatic heterocycles. The third-order valence-corrected chi connectivity index (χ3v) is 9.06. The van der Waals surface area contributed by atoms with Gasteiger partial charge in [-0.3, -0.25) is 13.9 Å². The summed E-state index contributed by atoms with van der Waals surface area (Å²) in [7, 11) is -3.60. The molecule has 232 valence electrons. The van der Waals surface area contributed by atoms with Crippen molar-refractivity contribution in [2.45, 2.75) is 72.0 Å². The molecular weight excluding hydrogens is 605 g/mol. The third kappa shape index (κ3) is 10.3. The van der Waals surface area contributed by atoms with Crippen LogP contribution in [0, 0.1) is 13.8 Å². The molecule has 43 heavy (non-hydrogen) atoms. The highest BCUT2D eigenvalue weighted by molar-refractivity contribution is 7.92. The van der Waals surface area contributed by atoms with Crippen LogP contribution in [-0.2, 0) is 32.6 Å². The molecule has 2 amide bonds. The van der Waals surface area contributed by atoms with Crippen LogP contribution >= 0.6 is 23.2 Å². The fourth-order valence-electron chi connectivity index (χ4n) is 4.93. The zero-order valence-electron chi connectivity index (χ0n) is 25.4. The van der Waals surface area contributed by atoms with Crippen LogP contribution < -0.4 is 9.62 Å². The van der Waals surface area contributed by atoms with E-state index in [1.165, 1.54) is 4.31 Å². The van der Waals surface area contributed by atoms with Gasteiger partial charge in [-0.05, 0) is 80.1 Å². The first kappa shape index (κ1) is 34.4. The van der Waals surface area contributed by atoms with Crippen molar-refractivity contribution in [3.63, 3.8) is 0 Å². The maximum Gasteiger partial charge on any atom is 0.243 e. The van der Waals surface area contributed by atoms with Crippen LogP contribution in [0.5, 0.6) is 0 Å². The zero-order chi connectivity index (χ0) is 31.7. The van der Waals surface area contributed by atoms with Crippen molar-refractivity contribution in [3.05, 3.63) is 99.0 Å². The molecule has 3 aromatic carbocycles. The van der Waals surface area contributed by atoms with Crippen molar-refractivity contribution in [3.8, 4) is 0 Å². The summed E-state index contributed by atoms with van der Waals surface area (Å²) in [5, 5.41) is 3.91. The summed E-state index contributed by atoms with van der Waals surface area (Å²) >= 11 is 12.7. The van der Waals surface area contributed by atoms with E-state index in [2.05, 4.69) is 5.32 Å². The van der Waals surface area contributed by atoms with Crippen molar-refractivity contribution in [2.24, 2.45) is 0 Å². The fraction of sp³-hybridized carbons (Fsp3) is 0.394. The molecule has 2 atom stereocenters. The Morgan fingerprint density at radius 3 is 2.19 bits per heavy atom. The monoisotopic (exact) mass is 645 g/mol. The topological polar surface area (TPSA) is 86.8 Å². The van der Waals surface area contributed by atoms with Crippen LogP contribution in [0.3, 0.4) is 0 Å². The van der Waals surface area contributed by atoms with Gasteiger partial charge in [0.25, 0.3) is 0 Å². The van der Waals surface area contributed by atoms with Gasteiger partial charge in [0.1, 0.15) is 6.04 Å². The number of amides is 2. The lowest BCUT2D eigenvalue weighted by Crippen LogP contribution is -2.52. The van der Waals surface area contributed by atoms with Gasteiger partial charge in [-0.25, -0.2) is 8.42 Å². The minimum absolute atomic E-state index is 0.0317. The second-order valence-corrected chi connectivity index (χ2v) is 13.8. The summed E-state index contributed by atoms with van der Waals surface area (Å²) in [5.74, 6) is -0.537. The first-order chi connectivity index (χ1) is 20.3. The van der Waals surface area contributed by atoms with Gasteiger partial charge in [-0.2, -0.15) is 0 Å². The Morgan fingerprint density at radius 1 is 0.953 bits per heavy atom. The molecule has 0 bridgehead atoms. The molecule has 7 nitrogen and oxygen atoms in total. The molecule has 0 saturated carbocycles. The van der Waals surface area contributed by atoms with Crippen LogP contribution in [0.4, 0.5) is 5.69 Å². The lowest BCUT2D eigenvalue weighted by atomic mass is 10.0. The van der Waals surface area contributed by atoms with Gasteiger partial charge in [0.2, 0.25) is 21.8 Å². The number of sulfonamides is 1. The lowest BCUT2D eigenvalue weighted by molar-refractivity contribution is -0.141. The van der Waals surface area contributed by atoms with Gasteiger partial charge in [-0.1, -0.05) is 72.6 Å². The predicted octanol–water partition coefficient (Wildman–Crippen LogP) is 6.71. The largest absolute Gasteiger partial charge is 0.352 e. The smallest absolute Gasteiger partial charge is 0.243 e. The number of hydrogen-bond acceptors (Lipinski definition) is 4. The standard InChI is InChI=1S/C33H41Cl2N3O4S/c1-6-25(4)36-33(40)31(20-26-11-8-7-9-12-26)37(22-27-14-15-28(34)21-30(27)35)32(39)13-10-16-38(43(5,41)42)29-18-23(2)17-24(3)19-29/h7-9,11-12,14-15,17-19,21,25,31H,6,10,13,16,20,22H2,1-5H3,(H,36,40)/t25-,31-/m1/s1. The summed E-state index contributed by atoms with van der Waals surface area (Å²) in [6.45, 7) is 7.94. The Balaban J connectivity index is 1.93. The van der Waals surface area contributed by atoms with E-state index in [0.717, 1.165) is 29.4 Å². The van der Waals surface area contributed by atoms with Crippen LogP contribution in [0.1, 0.15) is 55.4 Å². The Kier molecular flexibility index (Phi) is 12.5. The first-order valence-corrected chi connectivity index (χ1v) is 17.0. The van der Waals surface area contributed by atoms with E-state index in [1.54, 1.807) is 23.1 Å². The zero-order valence-corrected chi connectivity index (χ0v) is 27.8. The fourth-order valence-corrected chi connectivity index (χ4v) is 6.34. The molecule has 10 heteroatoms. The van der Waals surface area contributed by atoms with E-state index in [1.807, 2.05) is 76.2 Å². The van der Waals surface area contributed by atoms with Crippen LogP contribution in [0.25, 0.3) is 0 Å². The van der Waals surface area contributed by atoms with Gasteiger partial charge in [0.05, 0.1) is 11.9 Å². The molecule has 0 aliphatic rings. The summed E-state index contributed by atoms with van der Waals surface area (Å²) in [4.78, 5) is 29.3. The second-order valence-electron chi connectivity index (χ2n) is 11.1. The molecule has 0 fully saturated rings. The molecule has 0 heterocycles. The number of halogens is 2. The summed E-state index contributed by atoms with van der Waals surface area (Å²) < 4.78 is 26.8. The van der Waals surface area contributed by atoms with E-state index in [0.29, 0.717) is 27.7 Å². The van der Waals surface area contributed by atoms with E-state index in [9.17, 15) is 18.0 Å². The van der Waals surface area contributed by atoms with Crippen molar-refractivity contribution in [1.29, 1.82) is 0 Å². The number of aryl methyl sites for hydroxylation is 2. The minimum Gasteiger partial charge on any atom is -0.352 e. The van der Waals surface area contributed by atoms with Gasteiger partial charge in [0.15, 0.2) is 0 Å². The number of nitrogens with zero attached hydrogens (tertiary/aromatic N) is 2. The van der Waals surface area contributed by atoms with Crippen LogP contribution in [0.2, 0.25) is 10.0 Å². The first-order valence-electron chi connectivity index (χ1n) is 14.4. The molecule has 0 spiro atoms. The van der Waals surface area contributed by atoms with E-state index in [4.69, 9.17) is 23.2 Å². The van der Waals surface area contributed by atoms with Gasteiger partial charge in [0, 0.05) is 42.0 Å². The number of nitrogens with one attached hydrogen (secondary N) is 1. The van der Waals surface area contributed by atoms with Gasteiger partial charge >= 0.3 is 0 Å². The lowest BCUT2D eigenvalue weighted by Gasteiger charge is -2.33. The maximum absolute atomic E-state index is 14.0. The number of carbonyl (C=O) groups is 2. The Hall–Kier alpha value is -3.07. The quantitative estimate of drug-likeness (QED) is 0.211. The van der Waals surface area contributed by atoms with Gasteiger partial charge < -0.3 is 10.2 Å². The highest BCUT2D eigenvalue weighted by Gasteiger charge is 2.31. The number of carbonyl (C=O) groups excluding carboxylic acids is 2. The van der Waals surface area contributed by atoms with Crippen molar-refractivity contribution < 1.29 is 18.0 Å². The number of anilines is 1. The number of benzene rings is 3. The number of rotatable bonds is 14. The average Bonchev–Trinajstić information content (AvgIpc) is 2.93. The predicted molar refractivity (Wildman–Crippen MR) is 176 cm³/mol. The minimum atomic E-state index is -3.60. The SMILES string of the molecule is CC[C@@H](C)NC(=O)[C@@H](Cc1ccccc1)N(Cc1ccc(Cl)cc1Cl)C(=O)CCCN(c1cc(C)cc(C)c1)S(C)(=O)=O. The molecule has 0 saturated heterocycles. The molecule has 3 aromatic rings. The maximum atomic E-state index is 14.0. The van der Waals surface area contributed by atoms with E-state index < -0.39 is 16.1 Å². The van der Waals surface area contributed by atoms with Crippen molar-refractivity contribution in [1.82, 2.24) is 10.2 Å². The molecule has 0 aliphatic heterocycles. The van der Waals surface area contributed by atoms with Crippen molar-refractivity contribution >= 4 is 50.7 Å². The number of hydrogen-bond donors (Lipinski definition) is 1. The molecule has 0 unspecified atom stereocenters. The third-order valence-electron chi connectivity index (χ3n) is 7.27. The molecule has 0 radical (unpaired) electrons. The summed E-state index contributed by atoms with van der Waals surface area (Å²) in [6.07, 6.45) is 2.49. The Bertz CT molecular complexity index is 1500. The molecule has 3 rings (SSSR count). The van der Waals surface area contributed by atoms with Crippen LogP contribution in [0.15, 0.2) is 66.7 Å². The normalized spacial score (nSPS) is 12.8. The average molecular weight is 647 g/mol. The Morgan fingerprint density at radius 2 is 1.60 bits per heavy atom. The highest BCUT2D eigenvalue weighted by Crippen LogP contribution is 2.26. The second kappa shape index (κ2) is 15.6. The van der Waals surface area contributed by atoms with Crippen LogP contribution in [-0.4, -0.2) is 50.0 Å². The highest BCUT2D eigenvalue weighted by atomic mass is 35.5. The summed E-state index contributed by atoms with van der Waals surface area (Å²) in [5.41, 5.74) is 4.02. The van der Waals surface area contributed by atoms with Gasteiger partial charge in [-0.15, -0.1) is 0 Å². The van der Waals surface area contributed by atoms with E-state index >= 15 is 0 Å². The van der Waals surface area contributed by atoms with Crippen molar-refractivity contribution in [2.75, 3.05) is 17.1 Å². The molecule has 1 N–H and O–H groups in total.